The second-order valence-corrected chi connectivity index (χ2v) is 6.42. The molecule has 0 bridgehead atoms. The van der Waals surface area contributed by atoms with E-state index in [2.05, 4.69) is 15.5 Å². The molecule has 4 rings (SSSR count). The highest BCUT2D eigenvalue weighted by Crippen LogP contribution is 2.08. The number of hydrogen-bond acceptors (Lipinski definition) is 4. The zero-order chi connectivity index (χ0) is 19.3. The lowest BCUT2D eigenvalue weighted by atomic mass is 10.1. The van der Waals surface area contributed by atoms with Crippen molar-refractivity contribution in [3.05, 3.63) is 94.7 Å². The van der Waals surface area contributed by atoms with Crippen LogP contribution in [-0.2, 0) is 13.1 Å². The van der Waals surface area contributed by atoms with Gasteiger partial charge in [-0.3, -0.25) is 14.3 Å². The van der Waals surface area contributed by atoms with Gasteiger partial charge in [0.25, 0.3) is 11.5 Å². The van der Waals surface area contributed by atoms with Crippen LogP contribution in [-0.4, -0.2) is 32.0 Å². The largest absolute Gasteiger partial charge is 0.350 e. The van der Waals surface area contributed by atoms with Gasteiger partial charge in [-0.1, -0.05) is 30.3 Å². The number of aromatic nitrogens is 4. The molecule has 2 heterocycles. The minimum Gasteiger partial charge on any atom is -0.350 e. The predicted molar refractivity (Wildman–Crippen MR) is 106 cm³/mol. The van der Waals surface area contributed by atoms with E-state index in [1.807, 2.05) is 48.7 Å². The summed E-state index contributed by atoms with van der Waals surface area (Å²) in [5.41, 5.74) is 1.40. The maximum Gasteiger partial charge on any atom is 0.274 e. The number of carbonyl (C=O) groups excluding carboxylic acids is 1. The third-order valence-electron chi connectivity index (χ3n) is 4.46. The molecule has 1 amide bonds. The molecule has 2 aromatic heterocycles. The van der Waals surface area contributed by atoms with Crippen LogP contribution in [0.15, 0.2) is 78.0 Å². The van der Waals surface area contributed by atoms with Crippen molar-refractivity contribution in [1.29, 1.82) is 0 Å². The quantitative estimate of drug-likeness (QED) is 0.561. The summed E-state index contributed by atoms with van der Waals surface area (Å²) in [5, 5.41) is 12.6. The number of benzene rings is 2. The average Bonchev–Trinajstić information content (AvgIpc) is 3.23. The van der Waals surface area contributed by atoms with Gasteiger partial charge < -0.3 is 5.32 Å². The smallest absolute Gasteiger partial charge is 0.274 e. The van der Waals surface area contributed by atoms with Crippen LogP contribution in [0.2, 0.25) is 0 Å². The molecule has 0 aliphatic carbocycles. The lowest BCUT2D eigenvalue weighted by Crippen LogP contribution is -2.32. The molecule has 1 N–H and O–H groups in total. The van der Waals surface area contributed by atoms with Crippen LogP contribution in [0.25, 0.3) is 10.8 Å². The van der Waals surface area contributed by atoms with E-state index in [-0.39, 0.29) is 11.5 Å². The van der Waals surface area contributed by atoms with Gasteiger partial charge in [-0.25, -0.2) is 4.68 Å². The van der Waals surface area contributed by atoms with Crippen LogP contribution in [0, 0.1) is 0 Å². The Labute approximate surface area is 161 Å². The van der Waals surface area contributed by atoms with Crippen molar-refractivity contribution < 1.29 is 4.79 Å². The maximum absolute atomic E-state index is 12.4. The Morgan fingerprint density at radius 3 is 2.79 bits per heavy atom. The normalized spacial score (nSPS) is 10.9. The third kappa shape index (κ3) is 3.83. The number of carbonyl (C=O) groups is 1. The van der Waals surface area contributed by atoms with E-state index in [0.29, 0.717) is 30.6 Å². The van der Waals surface area contributed by atoms with Crippen LogP contribution < -0.4 is 10.9 Å². The van der Waals surface area contributed by atoms with Crippen molar-refractivity contribution in [1.82, 2.24) is 24.9 Å². The summed E-state index contributed by atoms with van der Waals surface area (Å²) in [6, 6.07) is 16.6. The Bertz CT molecular complexity index is 1160. The second kappa shape index (κ2) is 7.87. The van der Waals surface area contributed by atoms with Crippen LogP contribution in [0.3, 0.4) is 0 Å². The van der Waals surface area contributed by atoms with E-state index in [1.165, 1.54) is 4.68 Å². The molecular formula is C21H19N5O2. The molecule has 0 aliphatic heterocycles. The summed E-state index contributed by atoms with van der Waals surface area (Å²) in [6.07, 6.45) is 5.26. The molecule has 0 saturated carbocycles. The molecule has 7 nitrogen and oxygen atoms in total. The van der Waals surface area contributed by atoms with E-state index in [1.54, 1.807) is 29.2 Å². The zero-order valence-corrected chi connectivity index (χ0v) is 15.2. The van der Waals surface area contributed by atoms with Crippen molar-refractivity contribution in [3.63, 3.8) is 0 Å². The summed E-state index contributed by atoms with van der Waals surface area (Å²) in [7, 11) is 0. The molecule has 0 aliphatic rings. The van der Waals surface area contributed by atoms with Crippen LogP contribution >= 0.6 is 0 Å². The van der Waals surface area contributed by atoms with Gasteiger partial charge in [0.05, 0.1) is 24.7 Å². The molecule has 0 spiro atoms. The number of nitrogens with one attached hydrogen (secondary N) is 1. The summed E-state index contributed by atoms with van der Waals surface area (Å²) < 4.78 is 3.17. The molecule has 4 aromatic rings. The van der Waals surface area contributed by atoms with E-state index in [0.717, 1.165) is 10.9 Å². The second-order valence-electron chi connectivity index (χ2n) is 6.42. The van der Waals surface area contributed by atoms with Gasteiger partial charge in [-0.15, -0.1) is 0 Å². The van der Waals surface area contributed by atoms with Gasteiger partial charge in [-0.05, 0) is 29.8 Å². The van der Waals surface area contributed by atoms with Gasteiger partial charge in [0.1, 0.15) is 0 Å². The minimum atomic E-state index is -0.184. The highest BCUT2D eigenvalue weighted by molar-refractivity contribution is 5.94. The first-order valence-corrected chi connectivity index (χ1v) is 9.00. The van der Waals surface area contributed by atoms with Crippen LogP contribution in [0.1, 0.15) is 15.9 Å². The Morgan fingerprint density at radius 2 is 1.93 bits per heavy atom. The topological polar surface area (TPSA) is 81.8 Å². The van der Waals surface area contributed by atoms with E-state index in [9.17, 15) is 9.59 Å². The summed E-state index contributed by atoms with van der Waals surface area (Å²) in [6.45, 7) is 1.22. The Morgan fingerprint density at radius 1 is 1.04 bits per heavy atom. The first kappa shape index (κ1) is 17.7. The number of nitrogens with zero attached hydrogens (tertiary/aromatic N) is 4. The average molecular weight is 373 g/mol. The van der Waals surface area contributed by atoms with Crippen molar-refractivity contribution >= 4 is 16.7 Å². The summed E-state index contributed by atoms with van der Waals surface area (Å²) >= 11 is 0. The molecule has 28 heavy (non-hydrogen) atoms. The molecule has 0 unspecified atom stereocenters. The summed E-state index contributed by atoms with van der Waals surface area (Å²) in [5.74, 6) is -0.184. The molecule has 2 aromatic carbocycles. The van der Waals surface area contributed by atoms with Gasteiger partial charge in [-0.2, -0.15) is 10.2 Å². The fourth-order valence-corrected chi connectivity index (χ4v) is 3.06. The number of fused-ring (bicyclic) bond motifs is 1. The Balaban J connectivity index is 1.40. The number of rotatable bonds is 6. The SMILES string of the molecule is O=C(NCCn1ncc2ccccc2c1=O)c1cccc(Cn2cccn2)c1. The maximum atomic E-state index is 12.4. The minimum absolute atomic E-state index is 0.159. The molecule has 140 valence electrons. The zero-order valence-electron chi connectivity index (χ0n) is 15.2. The van der Waals surface area contributed by atoms with E-state index >= 15 is 0 Å². The van der Waals surface area contributed by atoms with Crippen LogP contribution in [0.4, 0.5) is 0 Å². The first-order chi connectivity index (χ1) is 13.7. The van der Waals surface area contributed by atoms with Crippen molar-refractivity contribution in [2.45, 2.75) is 13.1 Å². The monoisotopic (exact) mass is 373 g/mol. The Hall–Kier alpha value is -3.74. The number of hydrogen-bond donors (Lipinski definition) is 1. The standard InChI is InChI=1S/C21H19N5O2/c27-20(17-7-3-5-16(13-17)15-25-11-4-9-23-25)22-10-12-26-21(28)19-8-2-1-6-18(19)14-24-26/h1-9,11,13-14H,10,12,15H2,(H,22,27). The van der Waals surface area contributed by atoms with Gasteiger partial charge in [0.2, 0.25) is 0 Å². The molecule has 0 atom stereocenters. The van der Waals surface area contributed by atoms with Crippen molar-refractivity contribution in [3.8, 4) is 0 Å². The molecular weight excluding hydrogens is 354 g/mol. The van der Waals surface area contributed by atoms with Gasteiger partial charge >= 0.3 is 0 Å². The van der Waals surface area contributed by atoms with E-state index in [4.69, 9.17) is 0 Å². The number of amides is 1. The first-order valence-electron chi connectivity index (χ1n) is 9.00. The van der Waals surface area contributed by atoms with Crippen LogP contribution in [0.5, 0.6) is 0 Å². The molecule has 0 fully saturated rings. The van der Waals surface area contributed by atoms with Gasteiger partial charge in [0.15, 0.2) is 0 Å². The van der Waals surface area contributed by atoms with E-state index < -0.39 is 0 Å². The lowest BCUT2D eigenvalue weighted by Gasteiger charge is -2.09. The third-order valence-corrected chi connectivity index (χ3v) is 4.46. The molecule has 0 radical (unpaired) electrons. The molecule has 7 heteroatoms. The fourth-order valence-electron chi connectivity index (χ4n) is 3.06. The lowest BCUT2D eigenvalue weighted by molar-refractivity contribution is 0.0951. The molecule has 0 saturated heterocycles. The van der Waals surface area contributed by atoms with Gasteiger partial charge in [0, 0.05) is 29.9 Å². The van der Waals surface area contributed by atoms with Crippen molar-refractivity contribution in [2.24, 2.45) is 0 Å². The predicted octanol–water partition coefficient (Wildman–Crippen LogP) is 2.07. The summed E-state index contributed by atoms with van der Waals surface area (Å²) in [4.78, 5) is 24.9. The highest BCUT2D eigenvalue weighted by Gasteiger charge is 2.08. The highest BCUT2D eigenvalue weighted by atomic mass is 16.2. The van der Waals surface area contributed by atoms with Crippen molar-refractivity contribution in [2.75, 3.05) is 6.54 Å². The Kier molecular flexibility index (Phi) is 4.97. The fraction of sp³-hybridized carbons (Fsp3) is 0.143.